The van der Waals surface area contributed by atoms with Gasteiger partial charge in [0.05, 0.1) is 11.4 Å². The van der Waals surface area contributed by atoms with E-state index in [1.165, 1.54) is 0 Å². The van der Waals surface area contributed by atoms with E-state index in [0.717, 1.165) is 33.8 Å². The van der Waals surface area contributed by atoms with Crippen molar-refractivity contribution in [2.24, 2.45) is 0 Å². The fraction of sp³-hybridized carbons (Fsp3) is 0.292. The minimum atomic E-state index is -0.131. The van der Waals surface area contributed by atoms with E-state index in [-0.39, 0.29) is 24.5 Å². The van der Waals surface area contributed by atoms with Gasteiger partial charge in [0.25, 0.3) is 0 Å². The van der Waals surface area contributed by atoms with E-state index in [1.807, 2.05) is 80.9 Å². The van der Waals surface area contributed by atoms with Gasteiger partial charge in [-0.05, 0) is 57.0 Å². The molecular formula is C24H27N3O2. The summed E-state index contributed by atoms with van der Waals surface area (Å²) in [4.78, 5) is 24.6. The van der Waals surface area contributed by atoms with Gasteiger partial charge in [0.2, 0.25) is 5.91 Å². The van der Waals surface area contributed by atoms with Crippen LogP contribution in [-0.4, -0.2) is 21.5 Å². The molecule has 0 aliphatic heterocycles. The molecular weight excluding hydrogens is 362 g/mol. The highest BCUT2D eigenvalue weighted by atomic mass is 16.2. The average molecular weight is 389 g/mol. The molecule has 0 fully saturated rings. The second-order valence-electron chi connectivity index (χ2n) is 7.40. The van der Waals surface area contributed by atoms with Crippen LogP contribution in [-0.2, 0) is 11.3 Å². The Hall–Kier alpha value is -3.21. The van der Waals surface area contributed by atoms with Gasteiger partial charge in [-0.2, -0.15) is 5.10 Å². The van der Waals surface area contributed by atoms with Crippen LogP contribution in [0.1, 0.15) is 51.3 Å². The van der Waals surface area contributed by atoms with E-state index in [9.17, 15) is 9.59 Å². The predicted octanol–water partition coefficient (Wildman–Crippen LogP) is 4.39. The number of aryl methyl sites for hydroxylation is 3. The lowest BCUT2D eigenvalue weighted by Gasteiger charge is -2.08. The number of Topliss-reactive ketones (excluding diaryl/α,β-unsaturated/α-hetero) is 1. The highest BCUT2D eigenvalue weighted by Gasteiger charge is 2.15. The fourth-order valence-electron chi connectivity index (χ4n) is 3.31. The maximum atomic E-state index is 12.4. The number of hydrogen-bond acceptors (Lipinski definition) is 3. The number of benzene rings is 2. The first-order chi connectivity index (χ1) is 13.9. The molecule has 5 nitrogen and oxygen atoms in total. The molecule has 150 valence electrons. The topological polar surface area (TPSA) is 64.0 Å². The van der Waals surface area contributed by atoms with E-state index in [2.05, 4.69) is 10.4 Å². The summed E-state index contributed by atoms with van der Waals surface area (Å²) in [6, 6.07) is 15.6. The number of carbonyl (C=O) groups excluding carboxylic acids is 2. The van der Waals surface area contributed by atoms with Gasteiger partial charge in [-0.1, -0.05) is 30.3 Å². The summed E-state index contributed by atoms with van der Waals surface area (Å²) in [6.45, 7) is 8.34. The Kier molecular flexibility index (Phi) is 6.27. The molecule has 0 unspecified atom stereocenters. The number of carbonyl (C=O) groups is 2. The molecule has 3 aromatic rings. The third-order valence-corrected chi connectivity index (χ3v) is 5.31. The number of rotatable bonds is 7. The standard InChI is InChI=1S/C24H27N3O2/c1-16-10-11-20(14-17(16)2)23(28)12-13-24(29)25-15-22-18(3)26-27(19(22)4)21-8-6-5-7-9-21/h5-11,14H,12-13,15H2,1-4H3,(H,25,29). The Morgan fingerprint density at radius 2 is 1.66 bits per heavy atom. The summed E-state index contributed by atoms with van der Waals surface area (Å²) in [5.74, 6) is -0.138. The molecule has 5 heteroatoms. The Balaban J connectivity index is 1.58. The van der Waals surface area contributed by atoms with Gasteiger partial charge in [-0.25, -0.2) is 4.68 Å². The van der Waals surface area contributed by atoms with Crippen molar-refractivity contribution in [2.75, 3.05) is 0 Å². The van der Waals surface area contributed by atoms with Crippen molar-refractivity contribution in [3.8, 4) is 5.69 Å². The molecule has 0 radical (unpaired) electrons. The zero-order valence-corrected chi connectivity index (χ0v) is 17.5. The Bertz CT molecular complexity index is 1040. The molecule has 1 heterocycles. The van der Waals surface area contributed by atoms with Crippen LogP contribution in [0.15, 0.2) is 48.5 Å². The first kappa shape index (κ1) is 20.5. The molecule has 1 amide bonds. The van der Waals surface area contributed by atoms with E-state index >= 15 is 0 Å². The summed E-state index contributed by atoms with van der Waals surface area (Å²) in [5.41, 5.74) is 6.78. The lowest BCUT2D eigenvalue weighted by atomic mass is 10.0. The summed E-state index contributed by atoms with van der Waals surface area (Å²) in [7, 11) is 0. The van der Waals surface area contributed by atoms with Crippen molar-refractivity contribution >= 4 is 11.7 Å². The quantitative estimate of drug-likeness (QED) is 0.610. The largest absolute Gasteiger partial charge is 0.352 e. The Labute approximate surface area is 171 Å². The normalized spacial score (nSPS) is 10.8. The average Bonchev–Trinajstić information content (AvgIpc) is 3.00. The van der Waals surface area contributed by atoms with Crippen LogP contribution in [0, 0.1) is 27.7 Å². The fourth-order valence-corrected chi connectivity index (χ4v) is 3.31. The predicted molar refractivity (Wildman–Crippen MR) is 114 cm³/mol. The molecule has 0 saturated heterocycles. The molecule has 1 N–H and O–H groups in total. The molecule has 0 aliphatic carbocycles. The number of hydrogen-bond donors (Lipinski definition) is 1. The number of aromatic nitrogens is 2. The number of nitrogens with zero attached hydrogens (tertiary/aromatic N) is 2. The monoisotopic (exact) mass is 389 g/mol. The first-order valence-corrected chi connectivity index (χ1v) is 9.84. The van der Waals surface area contributed by atoms with Crippen LogP contribution in [0.2, 0.25) is 0 Å². The van der Waals surface area contributed by atoms with Crippen LogP contribution in [0.25, 0.3) is 5.69 Å². The second-order valence-corrected chi connectivity index (χ2v) is 7.40. The number of para-hydroxylation sites is 1. The number of ketones is 1. The molecule has 3 rings (SSSR count). The van der Waals surface area contributed by atoms with Crippen molar-refractivity contribution < 1.29 is 9.59 Å². The summed E-state index contributed by atoms with van der Waals surface area (Å²) in [6.07, 6.45) is 0.381. The molecule has 0 atom stereocenters. The molecule has 2 aromatic carbocycles. The van der Waals surface area contributed by atoms with Gasteiger partial charge in [-0.3, -0.25) is 9.59 Å². The van der Waals surface area contributed by atoms with Crippen LogP contribution in [0.4, 0.5) is 0 Å². The minimum Gasteiger partial charge on any atom is -0.352 e. The van der Waals surface area contributed by atoms with Gasteiger partial charge < -0.3 is 5.32 Å². The van der Waals surface area contributed by atoms with Crippen molar-refractivity contribution in [2.45, 2.75) is 47.1 Å². The van der Waals surface area contributed by atoms with Crippen LogP contribution >= 0.6 is 0 Å². The lowest BCUT2D eigenvalue weighted by molar-refractivity contribution is -0.121. The zero-order chi connectivity index (χ0) is 21.0. The van der Waals surface area contributed by atoms with Crippen LogP contribution < -0.4 is 5.32 Å². The maximum Gasteiger partial charge on any atom is 0.220 e. The third kappa shape index (κ3) is 4.80. The summed E-state index contributed by atoms with van der Waals surface area (Å²) in [5, 5.41) is 7.53. The molecule has 0 bridgehead atoms. The van der Waals surface area contributed by atoms with Gasteiger partial charge in [-0.15, -0.1) is 0 Å². The van der Waals surface area contributed by atoms with E-state index in [1.54, 1.807) is 0 Å². The molecule has 0 spiro atoms. The first-order valence-electron chi connectivity index (χ1n) is 9.84. The van der Waals surface area contributed by atoms with Gasteiger partial charge in [0, 0.05) is 36.2 Å². The van der Waals surface area contributed by atoms with E-state index < -0.39 is 0 Å². The number of amides is 1. The summed E-state index contributed by atoms with van der Waals surface area (Å²) >= 11 is 0. The van der Waals surface area contributed by atoms with E-state index in [4.69, 9.17) is 0 Å². The van der Waals surface area contributed by atoms with Crippen LogP contribution in [0.5, 0.6) is 0 Å². The Morgan fingerprint density at radius 3 is 2.34 bits per heavy atom. The van der Waals surface area contributed by atoms with Gasteiger partial charge >= 0.3 is 0 Å². The van der Waals surface area contributed by atoms with Crippen LogP contribution in [0.3, 0.4) is 0 Å². The highest BCUT2D eigenvalue weighted by Crippen LogP contribution is 2.18. The Morgan fingerprint density at radius 1 is 0.931 bits per heavy atom. The zero-order valence-electron chi connectivity index (χ0n) is 17.5. The third-order valence-electron chi connectivity index (χ3n) is 5.31. The van der Waals surface area contributed by atoms with Crippen molar-refractivity contribution in [3.05, 3.63) is 82.2 Å². The highest BCUT2D eigenvalue weighted by molar-refractivity contribution is 5.98. The SMILES string of the molecule is Cc1ccc(C(=O)CCC(=O)NCc2c(C)nn(-c3ccccc3)c2C)cc1C. The van der Waals surface area contributed by atoms with Gasteiger partial charge in [0.15, 0.2) is 5.78 Å². The molecule has 1 aromatic heterocycles. The van der Waals surface area contributed by atoms with Crippen molar-refractivity contribution in [1.29, 1.82) is 0 Å². The molecule has 29 heavy (non-hydrogen) atoms. The second kappa shape index (κ2) is 8.86. The van der Waals surface area contributed by atoms with Crippen molar-refractivity contribution in [1.82, 2.24) is 15.1 Å². The van der Waals surface area contributed by atoms with Gasteiger partial charge in [0.1, 0.15) is 0 Å². The lowest BCUT2D eigenvalue weighted by Crippen LogP contribution is -2.24. The van der Waals surface area contributed by atoms with Crippen molar-refractivity contribution in [3.63, 3.8) is 0 Å². The number of nitrogens with one attached hydrogen (secondary N) is 1. The smallest absolute Gasteiger partial charge is 0.220 e. The summed E-state index contributed by atoms with van der Waals surface area (Å²) < 4.78 is 1.89. The maximum absolute atomic E-state index is 12.4. The van der Waals surface area contributed by atoms with E-state index in [0.29, 0.717) is 12.1 Å². The molecule has 0 saturated carbocycles. The molecule has 0 aliphatic rings. The minimum absolute atomic E-state index is 0.00694.